The maximum Gasteiger partial charge on any atom is 0.267 e. The van der Waals surface area contributed by atoms with Gasteiger partial charge in [0.05, 0.1) is 12.0 Å². The molecular weight excluding hydrogens is 512 g/mol. The van der Waals surface area contributed by atoms with Crippen molar-refractivity contribution in [3.05, 3.63) is 154 Å². The summed E-state index contributed by atoms with van der Waals surface area (Å²) in [5.41, 5.74) is 4.13. The molecule has 0 radical (unpaired) electrons. The topological polar surface area (TPSA) is 62.7 Å². The zero-order chi connectivity index (χ0) is 24.8. The number of hydrogen-bond donors (Lipinski definition) is 2. The van der Waals surface area contributed by atoms with Crippen LogP contribution in [0.2, 0.25) is 0 Å². The normalized spacial score (nSPS) is 11.6. The Kier molecular flexibility index (Phi) is 6.96. The monoisotopic (exact) mass is 536 g/mol. The van der Waals surface area contributed by atoms with Gasteiger partial charge in [0.2, 0.25) is 0 Å². The minimum absolute atomic E-state index is 0.160. The number of rotatable bonds is 8. The molecule has 0 aliphatic rings. The van der Waals surface area contributed by atoms with Crippen molar-refractivity contribution in [3.8, 4) is 0 Å². The highest BCUT2D eigenvalue weighted by atomic mass is 79.9. The zero-order valence-corrected chi connectivity index (χ0v) is 21.1. The van der Waals surface area contributed by atoms with Crippen LogP contribution in [0.3, 0.4) is 0 Å². The molecular formula is C30H25BrN4O. The van der Waals surface area contributed by atoms with Crippen LogP contribution >= 0.6 is 15.9 Å². The predicted octanol–water partition coefficient (Wildman–Crippen LogP) is 6.26. The molecule has 178 valence electrons. The summed E-state index contributed by atoms with van der Waals surface area (Å²) < 4.78 is 3.01. The molecule has 5 rings (SSSR count). The fourth-order valence-electron chi connectivity index (χ4n) is 4.52. The Morgan fingerprint density at radius 2 is 1.47 bits per heavy atom. The number of amides is 1. The summed E-state index contributed by atoms with van der Waals surface area (Å²) in [7, 11) is 0. The predicted molar refractivity (Wildman–Crippen MR) is 147 cm³/mol. The van der Waals surface area contributed by atoms with Crippen LogP contribution in [0.15, 0.2) is 126 Å². The van der Waals surface area contributed by atoms with Crippen LogP contribution < -0.4 is 5.32 Å². The number of halogens is 1. The standard InChI is InChI=1S/C30H25BrN4O/c31-26-19-28(33-20-26)29(36)32-18-10-17-27-21-35(22-34-27)30(23-11-4-1-5-12-23,24-13-6-2-7-14-24)25-15-8-3-9-16-25/h1-17,19-22,33H,18H2,(H,32,36)/b17-10-. The van der Waals surface area contributed by atoms with Crippen molar-refractivity contribution in [3.63, 3.8) is 0 Å². The lowest BCUT2D eigenvalue weighted by Gasteiger charge is -2.37. The van der Waals surface area contributed by atoms with Crippen molar-refractivity contribution >= 4 is 27.9 Å². The second kappa shape index (κ2) is 10.6. The van der Waals surface area contributed by atoms with Gasteiger partial charge in [-0.15, -0.1) is 0 Å². The lowest BCUT2D eigenvalue weighted by atomic mass is 9.77. The van der Waals surface area contributed by atoms with Gasteiger partial charge in [-0.1, -0.05) is 97.1 Å². The van der Waals surface area contributed by atoms with Crippen molar-refractivity contribution in [2.75, 3.05) is 6.54 Å². The minimum Gasteiger partial charge on any atom is -0.356 e. The van der Waals surface area contributed by atoms with Gasteiger partial charge in [0.15, 0.2) is 0 Å². The quantitative estimate of drug-likeness (QED) is 0.230. The summed E-state index contributed by atoms with van der Waals surface area (Å²) in [6.45, 7) is 0.392. The first-order valence-electron chi connectivity index (χ1n) is 11.7. The minimum atomic E-state index is -0.599. The summed E-state index contributed by atoms with van der Waals surface area (Å²) in [4.78, 5) is 19.9. The van der Waals surface area contributed by atoms with Gasteiger partial charge in [-0.05, 0) is 44.8 Å². The summed E-state index contributed by atoms with van der Waals surface area (Å²) in [6, 6.07) is 33.2. The summed E-state index contributed by atoms with van der Waals surface area (Å²) in [5, 5.41) is 2.88. The van der Waals surface area contributed by atoms with Gasteiger partial charge in [0, 0.05) is 23.4 Å². The Morgan fingerprint density at radius 1 is 0.917 bits per heavy atom. The SMILES string of the molecule is O=C(NC/C=C\c1cn(C(c2ccccc2)(c2ccccc2)c2ccccc2)cn1)c1cc(Br)c[nH]1. The van der Waals surface area contributed by atoms with Gasteiger partial charge in [0.25, 0.3) is 5.91 Å². The zero-order valence-electron chi connectivity index (χ0n) is 19.5. The van der Waals surface area contributed by atoms with Crippen molar-refractivity contribution < 1.29 is 4.79 Å². The van der Waals surface area contributed by atoms with E-state index in [1.54, 1.807) is 12.3 Å². The second-order valence-electron chi connectivity index (χ2n) is 8.36. The molecule has 2 heterocycles. The molecule has 3 aromatic carbocycles. The number of carbonyl (C=O) groups excluding carboxylic acids is 1. The molecule has 2 aromatic heterocycles. The molecule has 0 unspecified atom stereocenters. The molecule has 5 nitrogen and oxygen atoms in total. The van der Waals surface area contributed by atoms with E-state index in [4.69, 9.17) is 0 Å². The summed E-state index contributed by atoms with van der Waals surface area (Å²) >= 11 is 3.35. The van der Waals surface area contributed by atoms with E-state index in [9.17, 15) is 4.79 Å². The Bertz CT molecular complexity index is 1360. The third kappa shape index (κ3) is 4.68. The van der Waals surface area contributed by atoms with Crippen molar-refractivity contribution in [2.24, 2.45) is 0 Å². The van der Waals surface area contributed by atoms with Crippen molar-refractivity contribution in [1.29, 1.82) is 0 Å². The van der Waals surface area contributed by atoms with Crippen LogP contribution in [0.4, 0.5) is 0 Å². The van der Waals surface area contributed by atoms with E-state index >= 15 is 0 Å². The Hall–Kier alpha value is -4.16. The molecule has 36 heavy (non-hydrogen) atoms. The maximum atomic E-state index is 12.3. The van der Waals surface area contributed by atoms with Crippen LogP contribution in [0.1, 0.15) is 32.9 Å². The number of nitrogens with one attached hydrogen (secondary N) is 2. The number of benzene rings is 3. The molecule has 5 aromatic rings. The van der Waals surface area contributed by atoms with Crippen LogP contribution in [0.5, 0.6) is 0 Å². The molecule has 1 amide bonds. The number of H-pyrrole nitrogens is 1. The number of aromatic nitrogens is 3. The first kappa shape index (κ1) is 23.6. The van der Waals surface area contributed by atoms with E-state index in [0.717, 1.165) is 26.9 Å². The molecule has 0 aliphatic heterocycles. The van der Waals surface area contributed by atoms with E-state index < -0.39 is 5.54 Å². The summed E-state index contributed by atoms with van der Waals surface area (Å²) in [6.07, 6.45) is 9.48. The first-order chi connectivity index (χ1) is 17.7. The molecule has 0 fully saturated rings. The number of carbonyl (C=O) groups is 1. The fourth-order valence-corrected chi connectivity index (χ4v) is 4.86. The molecule has 0 spiro atoms. The highest BCUT2D eigenvalue weighted by Crippen LogP contribution is 2.40. The molecule has 6 heteroatoms. The van der Waals surface area contributed by atoms with Crippen LogP contribution in [-0.4, -0.2) is 27.0 Å². The van der Waals surface area contributed by atoms with Crippen molar-refractivity contribution in [1.82, 2.24) is 19.9 Å². The van der Waals surface area contributed by atoms with Gasteiger partial charge in [-0.2, -0.15) is 0 Å². The van der Waals surface area contributed by atoms with Gasteiger partial charge in [0.1, 0.15) is 11.2 Å². The lowest BCUT2D eigenvalue weighted by molar-refractivity contribution is 0.0953. The lowest BCUT2D eigenvalue weighted by Crippen LogP contribution is -2.36. The van der Waals surface area contributed by atoms with E-state index in [1.165, 1.54) is 0 Å². The second-order valence-corrected chi connectivity index (χ2v) is 9.27. The van der Waals surface area contributed by atoms with Crippen LogP contribution in [0.25, 0.3) is 6.08 Å². The summed E-state index contributed by atoms with van der Waals surface area (Å²) in [5.74, 6) is -0.160. The first-order valence-corrected chi connectivity index (χ1v) is 12.5. The molecule has 0 bridgehead atoms. The highest BCUT2D eigenvalue weighted by Gasteiger charge is 2.38. The van der Waals surface area contributed by atoms with E-state index in [2.05, 4.69) is 109 Å². The van der Waals surface area contributed by atoms with E-state index in [0.29, 0.717) is 12.2 Å². The molecule has 2 N–H and O–H groups in total. The van der Waals surface area contributed by atoms with E-state index in [-0.39, 0.29) is 5.91 Å². The van der Waals surface area contributed by atoms with Gasteiger partial charge < -0.3 is 14.9 Å². The number of hydrogen-bond acceptors (Lipinski definition) is 2. The van der Waals surface area contributed by atoms with Gasteiger partial charge in [-0.3, -0.25) is 4.79 Å². The largest absolute Gasteiger partial charge is 0.356 e. The average Bonchev–Trinajstić information content (AvgIpc) is 3.58. The maximum absolute atomic E-state index is 12.3. The Morgan fingerprint density at radius 3 is 1.97 bits per heavy atom. The van der Waals surface area contributed by atoms with Gasteiger partial charge in [-0.25, -0.2) is 4.98 Å². The van der Waals surface area contributed by atoms with Crippen molar-refractivity contribution in [2.45, 2.75) is 5.54 Å². The van der Waals surface area contributed by atoms with Gasteiger partial charge >= 0.3 is 0 Å². The Balaban J connectivity index is 1.49. The number of aromatic amines is 1. The number of nitrogens with zero attached hydrogens (tertiary/aromatic N) is 2. The molecule has 0 atom stereocenters. The number of imidazole rings is 1. The molecule has 0 aliphatic carbocycles. The Labute approximate surface area is 218 Å². The average molecular weight is 537 g/mol. The smallest absolute Gasteiger partial charge is 0.267 e. The van der Waals surface area contributed by atoms with Crippen LogP contribution in [-0.2, 0) is 5.54 Å². The fraction of sp³-hybridized carbons (Fsp3) is 0.0667. The highest BCUT2D eigenvalue weighted by molar-refractivity contribution is 9.10. The third-order valence-electron chi connectivity index (χ3n) is 6.13. The molecule has 0 saturated carbocycles. The molecule has 0 saturated heterocycles. The van der Waals surface area contributed by atoms with Crippen LogP contribution in [0, 0.1) is 0 Å². The van der Waals surface area contributed by atoms with E-state index in [1.807, 2.05) is 42.9 Å². The third-order valence-corrected chi connectivity index (χ3v) is 6.58.